The molecule has 0 heterocycles. The first-order valence-corrected chi connectivity index (χ1v) is 9.22. The summed E-state index contributed by atoms with van der Waals surface area (Å²) in [5.41, 5.74) is 6.38. The van der Waals surface area contributed by atoms with Crippen molar-refractivity contribution < 1.29 is 0 Å². The number of rotatable bonds is 3. The first-order chi connectivity index (χ1) is 11.5. The summed E-state index contributed by atoms with van der Waals surface area (Å²) < 4.78 is 2.17. The molecule has 3 rings (SSSR count). The van der Waals surface area contributed by atoms with Gasteiger partial charge in [-0.25, -0.2) is 0 Å². The summed E-state index contributed by atoms with van der Waals surface area (Å²) >= 11 is 7.09. The maximum absolute atomic E-state index is 6.00. The maximum atomic E-state index is 6.00. The molecule has 2 radical (unpaired) electrons. The molecule has 0 N–H and O–H groups in total. The smallest absolute Gasteiger partial charge is 0.114 e. The summed E-state index contributed by atoms with van der Waals surface area (Å²) in [6.07, 6.45) is 0. The Balaban J connectivity index is 2.17. The molecule has 0 aliphatic carbocycles. The molecule has 0 bridgehead atoms. The molecule has 0 atom stereocenters. The number of aryl methyl sites for hydroxylation is 2. The van der Waals surface area contributed by atoms with Crippen molar-refractivity contribution in [3.05, 3.63) is 80.7 Å². The van der Waals surface area contributed by atoms with E-state index in [1.807, 2.05) is 13.0 Å². The van der Waals surface area contributed by atoms with E-state index in [0.717, 1.165) is 37.0 Å². The van der Waals surface area contributed by atoms with Crippen molar-refractivity contribution in [3.63, 3.8) is 0 Å². The van der Waals surface area contributed by atoms with Gasteiger partial charge in [-0.15, -0.1) is 0 Å². The van der Waals surface area contributed by atoms with E-state index in [9.17, 15) is 0 Å². The van der Waals surface area contributed by atoms with Crippen LogP contribution in [0, 0.1) is 13.8 Å². The van der Waals surface area contributed by atoms with Crippen LogP contribution in [-0.4, -0.2) is 7.85 Å². The van der Waals surface area contributed by atoms with E-state index in [-0.39, 0.29) is 0 Å². The van der Waals surface area contributed by atoms with Crippen molar-refractivity contribution in [3.8, 4) is 0 Å². The van der Waals surface area contributed by atoms with Gasteiger partial charge in [0.05, 0.1) is 0 Å². The highest BCUT2D eigenvalue weighted by molar-refractivity contribution is 9.10. The fourth-order valence-electron chi connectivity index (χ4n) is 2.60. The second-order valence-electron chi connectivity index (χ2n) is 5.79. The van der Waals surface area contributed by atoms with Crippen molar-refractivity contribution in [1.29, 1.82) is 0 Å². The average molecular weight is 441 g/mol. The van der Waals surface area contributed by atoms with Gasteiger partial charge >= 0.3 is 0 Å². The van der Waals surface area contributed by atoms with E-state index in [2.05, 4.69) is 98.3 Å². The lowest BCUT2D eigenvalue weighted by Gasteiger charge is -2.26. The Labute approximate surface area is 161 Å². The fourth-order valence-corrected chi connectivity index (χ4v) is 3.12. The largest absolute Gasteiger partial charge is 0.310 e. The molecule has 0 unspecified atom stereocenters. The van der Waals surface area contributed by atoms with Gasteiger partial charge in [0.2, 0.25) is 0 Å². The van der Waals surface area contributed by atoms with Crippen molar-refractivity contribution in [1.82, 2.24) is 0 Å². The topological polar surface area (TPSA) is 3.24 Å². The molecule has 0 aliphatic rings. The predicted octanol–water partition coefficient (Wildman–Crippen LogP) is 6.09. The molecule has 0 aromatic heterocycles. The van der Waals surface area contributed by atoms with E-state index >= 15 is 0 Å². The molecule has 118 valence electrons. The number of halogens is 2. The van der Waals surface area contributed by atoms with Crippen LogP contribution < -0.4 is 10.4 Å². The van der Waals surface area contributed by atoms with E-state index in [4.69, 9.17) is 7.85 Å². The van der Waals surface area contributed by atoms with Crippen LogP contribution >= 0.6 is 31.9 Å². The average Bonchev–Trinajstić information content (AvgIpc) is 2.56. The van der Waals surface area contributed by atoms with E-state index in [1.54, 1.807) is 0 Å². The maximum Gasteiger partial charge on any atom is 0.114 e. The number of benzene rings is 3. The highest BCUT2D eigenvalue weighted by atomic mass is 79.9. The SMILES string of the molecule is [B]c1ccc(N(c2ccc(Br)cc2)c2ccc(Br)c(C)c2)cc1C. The normalized spacial score (nSPS) is 10.7. The van der Waals surface area contributed by atoms with Crippen LogP contribution in [0.3, 0.4) is 0 Å². The third kappa shape index (κ3) is 3.60. The quantitative estimate of drug-likeness (QED) is 0.445. The number of hydrogen-bond donors (Lipinski definition) is 0. The molecule has 0 fully saturated rings. The molecular weight excluding hydrogens is 425 g/mol. The van der Waals surface area contributed by atoms with Gasteiger partial charge in [0.15, 0.2) is 0 Å². The Bertz CT molecular complexity index is 824. The van der Waals surface area contributed by atoms with E-state index in [0.29, 0.717) is 0 Å². The summed E-state index contributed by atoms with van der Waals surface area (Å²) in [6, 6.07) is 20.8. The van der Waals surface area contributed by atoms with Crippen LogP contribution in [0.15, 0.2) is 69.6 Å². The molecule has 0 amide bonds. The van der Waals surface area contributed by atoms with Crippen LogP contribution in [0.4, 0.5) is 17.1 Å². The summed E-state index contributed by atoms with van der Waals surface area (Å²) in [5, 5.41) is 0. The molecule has 1 nitrogen and oxygen atoms in total. The monoisotopic (exact) mass is 439 g/mol. The Morgan fingerprint density at radius 2 is 1.25 bits per heavy atom. The van der Waals surface area contributed by atoms with Gasteiger partial charge in [-0.3, -0.25) is 0 Å². The summed E-state index contributed by atoms with van der Waals surface area (Å²) in [4.78, 5) is 2.23. The van der Waals surface area contributed by atoms with Crippen LogP contribution in [0.1, 0.15) is 11.1 Å². The molecule has 0 aliphatic heterocycles. The van der Waals surface area contributed by atoms with Gasteiger partial charge in [0.25, 0.3) is 0 Å². The zero-order valence-corrected chi connectivity index (χ0v) is 16.7. The van der Waals surface area contributed by atoms with E-state index in [1.165, 1.54) is 5.56 Å². The summed E-state index contributed by atoms with van der Waals surface area (Å²) in [6.45, 7) is 4.13. The van der Waals surface area contributed by atoms with Crippen LogP contribution in [-0.2, 0) is 0 Å². The predicted molar refractivity (Wildman–Crippen MR) is 111 cm³/mol. The van der Waals surface area contributed by atoms with Gasteiger partial charge in [0.1, 0.15) is 7.85 Å². The standard InChI is InChI=1S/C20H16BBr2N/c1-13-11-17(7-9-19(13)21)24(16-5-3-15(22)4-6-16)18-8-10-20(23)14(2)12-18/h3-12H,1-2H3. The van der Waals surface area contributed by atoms with Gasteiger partial charge in [-0.2, -0.15) is 0 Å². The minimum Gasteiger partial charge on any atom is -0.310 e. The molecule has 0 spiro atoms. The molecule has 3 aromatic rings. The minimum atomic E-state index is 0.807. The van der Waals surface area contributed by atoms with E-state index < -0.39 is 0 Å². The minimum absolute atomic E-state index is 0.807. The Hall–Kier alpha value is -1.52. The fraction of sp³-hybridized carbons (Fsp3) is 0.100. The van der Waals surface area contributed by atoms with Gasteiger partial charge in [-0.1, -0.05) is 49.0 Å². The molecule has 24 heavy (non-hydrogen) atoms. The molecule has 3 aromatic carbocycles. The Morgan fingerprint density at radius 3 is 1.83 bits per heavy atom. The zero-order valence-electron chi connectivity index (χ0n) is 13.6. The van der Waals surface area contributed by atoms with Gasteiger partial charge in [0, 0.05) is 26.0 Å². The lowest BCUT2D eigenvalue weighted by Crippen LogP contribution is -2.13. The summed E-state index contributed by atoms with van der Waals surface area (Å²) in [7, 11) is 6.00. The number of nitrogens with zero attached hydrogens (tertiary/aromatic N) is 1. The van der Waals surface area contributed by atoms with Crippen molar-refractivity contribution in [2.45, 2.75) is 13.8 Å². The van der Waals surface area contributed by atoms with Crippen molar-refractivity contribution in [2.75, 3.05) is 4.90 Å². The molecule has 4 heteroatoms. The highest BCUT2D eigenvalue weighted by Crippen LogP contribution is 2.36. The third-order valence-electron chi connectivity index (χ3n) is 4.00. The Morgan fingerprint density at radius 1 is 0.708 bits per heavy atom. The lowest BCUT2D eigenvalue weighted by atomic mass is 9.91. The highest BCUT2D eigenvalue weighted by Gasteiger charge is 2.13. The molecular formula is C20H16BBr2N. The van der Waals surface area contributed by atoms with Crippen molar-refractivity contribution >= 4 is 62.2 Å². The molecule has 0 saturated carbocycles. The second kappa shape index (κ2) is 7.16. The van der Waals surface area contributed by atoms with Crippen molar-refractivity contribution in [2.24, 2.45) is 0 Å². The third-order valence-corrected chi connectivity index (χ3v) is 5.41. The Kier molecular flexibility index (Phi) is 5.16. The first kappa shape index (κ1) is 17.3. The second-order valence-corrected chi connectivity index (χ2v) is 7.56. The van der Waals surface area contributed by atoms with Gasteiger partial charge < -0.3 is 4.90 Å². The van der Waals surface area contributed by atoms with Crippen LogP contribution in [0.5, 0.6) is 0 Å². The van der Waals surface area contributed by atoms with Crippen LogP contribution in [0.2, 0.25) is 0 Å². The number of hydrogen-bond acceptors (Lipinski definition) is 1. The van der Waals surface area contributed by atoms with Crippen LogP contribution in [0.25, 0.3) is 0 Å². The summed E-state index contributed by atoms with van der Waals surface area (Å²) in [5.74, 6) is 0. The zero-order chi connectivity index (χ0) is 17.3. The lowest BCUT2D eigenvalue weighted by molar-refractivity contribution is 1.26. The number of anilines is 3. The van der Waals surface area contributed by atoms with Gasteiger partial charge in [-0.05, 0) is 74.0 Å². The molecule has 0 saturated heterocycles. The first-order valence-electron chi connectivity index (χ1n) is 7.63.